The van der Waals surface area contributed by atoms with Gasteiger partial charge in [0.1, 0.15) is 5.82 Å². The monoisotopic (exact) mass is 425 g/mol. The second kappa shape index (κ2) is 9.06. The van der Waals surface area contributed by atoms with Crippen LogP contribution in [0.4, 0.5) is 10.1 Å². The maximum atomic E-state index is 13.2. The molecule has 0 radical (unpaired) electrons. The molecule has 1 aromatic carbocycles. The lowest BCUT2D eigenvalue weighted by Gasteiger charge is -2.31. The van der Waals surface area contributed by atoms with E-state index in [-0.39, 0.29) is 17.6 Å². The van der Waals surface area contributed by atoms with Crippen molar-refractivity contribution in [1.29, 1.82) is 0 Å². The van der Waals surface area contributed by atoms with E-state index in [9.17, 15) is 14.0 Å². The van der Waals surface area contributed by atoms with Crippen molar-refractivity contribution < 1.29 is 18.9 Å². The molecule has 1 aromatic heterocycles. The molecule has 4 rings (SSSR count). The summed E-state index contributed by atoms with van der Waals surface area (Å²) in [5.74, 6) is -0.509. The minimum absolute atomic E-state index is 0.0134. The zero-order valence-corrected chi connectivity index (χ0v) is 18.2. The van der Waals surface area contributed by atoms with Gasteiger partial charge in [-0.25, -0.2) is 4.39 Å². The number of hydrogen-bond donors (Lipinski definition) is 2. The number of anilines is 1. The summed E-state index contributed by atoms with van der Waals surface area (Å²) in [6.07, 6.45) is 6.08. The summed E-state index contributed by atoms with van der Waals surface area (Å²) >= 11 is 0. The number of hydrogen-bond acceptors (Lipinski definition) is 2. The number of carbonyl (C=O) groups excluding carboxylic acids is 2. The molecule has 1 saturated heterocycles. The number of benzene rings is 1. The van der Waals surface area contributed by atoms with E-state index >= 15 is 0 Å². The van der Waals surface area contributed by atoms with Crippen molar-refractivity contribution in [2.24, 2.45) is 0 Å². The highest BCUT2D eigenvalue weighted by atomic mass is 19.1. The summed E-state index contributed by atoms with van der Waals surface area (Å²) in [7, 11) is 0. The van der Waals surface area contributed by atoms with E-state index < -0.39 is 0 Å². The Hall–Kier alpha value is -2.93. The highest BCUT2D eigenvalue weighted by molar-refractivity contribution is 5.92. The molecule has 2 amide bonds. The van der Waals surface area contributed by atoms with Crippen LogP contribution in [-0.2, 0) is 9.59 Å². The Bertz CT molecular complexity index is 1000. The Morgan fingerprint density at radius 3 is 2.61 bits per heavy atom. The lowest BCUT2D eigenvalue weighted by atomic mass is 10.2. The van der Waals surface area contributed by atoms with Crippen molar-refractivity contribution >= 4 is 23.6 Å². The molecule has 0 unspecified atom stereocenters. The molecule has 6 nitrogen and oxygen atoms in total. The van der Waals surface area contributed by atoms with E-state index in [1.165, 1.54) is 36.4 Å². The molecule has 164 valence electrons. The van der Waals surface area contributed by atoms with Crippen molar-refractivity contribution in [3.8, 4) is 0 Å². The van der Waals surface area contributed by atoms with E-state index in [4.69, 9.17) is 0 Å². The van der Waals surface area contributed by atoms with Crippen LogP contribution in [0.3, 0.4) is 0 Å². The Kier molecular flexibility index (Phi) is 6.23. The average molecular weight is 426 g/mol. The van der Waals surface area contributed by atoms with Crippen molar-refractivity contribution in [3.63, 3.8) is 0 Å². The van der Waals surface area contributed by atoms with Crippen molar-refractivity contribution in [3.05, 3.63) is 59.2 Å². The normalized spacial score (nSPS) is 17.3. The third-order valence-corrected chi connectivity index (χ3v) is 6.14. The fourth-order valence-corrected chi connectivity index (χ4v) is 4.35. The van der Waals surface area contributed by atoms with Crippen LogP contribution in [0.25, 0.3) is 6.08 Å². The number of piperazine rings is 1. The van der Waals surface area contributed by atoms with Crippen LogP contribution >= 0.6 is 0 Å². The molecule has 2 aliphatic rings. The van der Waals surface area contributed by atoms with Crippen LogP contribution in [0.2, 0.25) is 0 Å². The average Bonchev–Trinajstić information content (AvgIpc) is 3.52. The number of aromatic nitrogens is 1. The van der Waals surface area contributed by atoms with E-state index in [0.29, 0.717) is 44.5 Å². The minimum atomic E-state index is -0.375. The first kappa shape index (κ1) is 21.3. The zero-order chi connectivity index (χ0) is 22.0. The van der Waals surface area contributed by atoms with Gasteiger partial charge in [0, 0.05) is 29.2 Å². The van der Waals surface area contributed by atoms with Gasteiger partial charge < -0.3 is 19.7 Å². The van der Waals surface area contributed by atoms with Crippen molar-refractivity contribution in [1.82, 2.24) is 9.47 Å². The van der Waals surface area contributed by atoms with E-state index in [1.54, 1.807) is 18.2 Å². The third kappa shape index (κ3) is 5.22. The van der Waals surface area contributed by atoms with Crippen LogP contribution in [0.1, 0.15) is 35.8 Å². The van der Waals surface area contributed by atoms with E-state index in [2.05, 4.69) is 29.8 Å². The maximum Gasteiger partial charge on any atom is 0.279 e. The molecule has 0 spiro atoms. The summed E-state index contributed by atoms with van der Waals surface area (Å²) < 4.78 is 15.6. The molecule has 2 heterocycles. The van der Waals surface area contributed by atoms with Gasteiger partial charge in [0.05, 0.1) is 26.2 Å². The third-order valence-electron chi connectivity index (χ3n) is 6.14. The number of nitrogens with zero attached hydrogens (tertiary/aromatic N) is 2. The van der Waals surface area contributed by atoms with Gasteiger partial charge >= 0.3 is 0 Å². The number of rotatable bonds is 6. The van der Waals surface area contributed by atoms with Gasteiger partial charge in [-0.05, 0) is 62.6 Å². The second-order valence-corrected chi connectivity index (χ2v) is 8.57. The summed E-state index contributed by atoms with van der Waals surface area (Å²) in [6.45, 7) is 7.21. The Labute approximate surface area is 182 Å². The number of quaternary nitrogens is 1. The number of carbonyl (C=O) groups is 2. The highest BCUT2D eigenvalue weighted by Crippen LogP contribution is 2.38. The van der Waals surface area contributed by atoms with Gasteiger partial charge in [-0.3, -0.25) is 9.59 Å². The maximum absolute atomic E-state index is 13.2. The molecular formula is C24H30FN4O2+. The molecule has 2 aromatic rings. The largest absolute Gasteiger partial charge is 0.346 e. The fourth-order valence-electron chi connectivity index (χ4n) is 4.35. The summed E-state index contributed by atoms with van der Waals surface area (Å²) in [4.78, 5) is 27.8. The first-order valence-electron chi connectivity index (χ1n) is 10.9. The first-order chi connectivity index (χ1) is 14.9. The number of amides is 2. The number of halogens is 1. The van der Waals surface area contributed by atoms with Crippen molar-refractivity contribution in [2.75, 3.05) is 38.0 Å². The minimum Gasteiger partial charge on any atom is -0.346 e. The fraction of sp³-hybridized carbons (Fsp3) is 0.417. The standard InChI is InChI=1S/C24H29FN4O2/c1-17-14-19(18(2)29(17)22-7-8-22)6-9-24(31)28-12-10-27(11-13-28)16-23(30)26-21-5-3-4-20(25)15-21/h3-6,9,14-15,22H,7-8,10-13,16H2,1-2H3,(H,26,30)/p+1/b9-6+. The molecule has 2 N–H and O–H groups in total. The van der Waals surface area contributed by atoms with Crippen LogP contribution in [0.15, 0.2) is 36.4 Å². The summed E-state index contributed by atoms with van der Waals surface area (Å²) in [5.41, 5.74) is 4.05. The smallest absolute Gasteiger partial charge is 0.279 e. The van der Waals surface area contributed by atoms with Crippen LogP contribution in [-0.4, -0.2) is 54.0 Å². The second-order valence-electron chi connectivity index (χ2n) is 8.57. The number of nitrogens with one attached hydrogen (secondary N) is 2. The van der Waals surface area contributed by atoms with E-state index in [0.717, 1.165) is 10.5 Å². The van der Waals surface area contributed by atoms with Gasteiger partial charge in [-0.15, -0.1) is 0 Å². The molecule has 1 aliphatic heterocycles. The Morgan fingerprint density at radius 2 is 1.94 bits per heavy atom. The van der Waals surface area contributed by atoms with Crippen LogP contribution < -0.4 is 10.2 Å². The van der Waals surface area contributed by atoms with E-state index in [1.807, 2.05) is 11.0 Å². The predicted octanol–water partition coefficient (Wildman–Crippen LogP) is 1.96. The molecule has 0 atom stereocenters. The molecule has 7 heteroatoms. The Morgan fingerprint density at radius 1 is 1.19 bits per heavy atom. The molecule has 1 saturated carbocycles. The van der Waals surface area contributed by atoms with Gasteiger partial charge in [-0.2, -0.15) is 0 Å². The number of aryl methyl sites for hydroxylation is 1. The topological polar surface area (TPSA) is 58.8 Å². The summed E-state index contributed by atoms with van der Waals surface area (Å²) in [6, 6.07) is 8.67. The molecular weight excluding hydrogens is 395 g/mol. The van der Waals surface area contributed by atoms with Gasteiger partial charge in [0.15, 0.2) is 6.54 Å². The van der Waals surface area contributed by atoms with Gasteiger partial charge in [-0.1, -0.05) is 6.07 Å². The van der Waals surface area contributed by atoms with Gasteiger partial charge in [0.2, 0.25) is 5.91 Å². The SMILES string of the molecule is Cc1cc(/C=C/C(=O)N2CC[NH+](CC(=O)Nc3cccc(F)c3)CC2)c(C)n1C1CC1. The molecule has 0 bridgehead atoms. The quantitative estimate of drug-likeness (QED) is 0.696. The van der Waals surface area contributed by atoms with Gasteiger partial charge in [0.25, 0.3) is 5.91 Å². The first-order valence-corrected chi connectivity index (χ1v) is 10.9. The molecule has 2 fully saturated rings. The van der Waals surface area contributed by atoms with Crippen LogP contribution in [0, 0.1) is 19.7 Å². The predicted molar refractivity (Wildman–Crippen MR) is 118 cm³/mol. The lowest BCUT2D eigenvalue weighted by Crippen LogP contribution is -3.15. The highest BCUT2D eigenvalue weighted by Gasteiger charge is 2.27. The lowest BCUT2D eigenvalue weighted by molar-refractivity contribution is -0.895. The Balaban J connectivity index is 1.26. The van der Waals surface area contributed by atoms with Crippen molar-refractivity contribution in [2.45, 2.75) is 32.7 Å². The molecule has 31 heavy (non-hydrogen) atoms. The summed E-state index contributed by atoms with van der Waals surface area (Å²) in [5, 5.41) is 2.73. The zero-order valence-electron chi connectivity index (χ0n) is 18.2. The molecule has 1 aliphatic carbocycles. The van der Waals surface area contributed by atoms with Crippen LogP contribution in [0.5, 0.6) is 0 Å².